The Hall–Kier alpha value is -2.23. The fourth-order valence-corrected chi connectivity index (χ4v) is 1.84. The van der Waals surface area contributed by atoms with Crippen molar-refractivity contribution in [2.75, 3.05) is 11.9 Å². The summed E-state index contributed by atoms with van der Waals surface area (Å²) in [5.41, 5.74) is 1.87. The fourth-order valence-electron chi connectivity index (χ4n) is 1.84. The number of hydrogen-bond donors (Lipinski definition) is 2. The lowest BCUT2D eigenvalue weighted by atomic mass is 10.2. The van der Waals surface area contributed by atoms with Gasteiger partial charge < -0.3 is 15.0 Å². The fraction of sp³-hybridized carbons (Fsp3) is 0.154. The molecule has 4 nitrogen and oxygen atoms in total. The molecule has 1 aromatic carbocycles. The Kier molecular flexibility index (Phi) is 2.87. The number of nitrogens with zero attached hydrogens (tertiary/aromatic N) is 1. The molecule has 0 saturated heterocycles. The molecule has 0 aliphatic heterocycles. The van der Waals surface area contributed by atoms with E-state index in [4.69, 9.17) is 0 Å². The lowest BCUT2D eigenvalue weighted by Crippen LogP contribution is -2.20. The number of hydrogen-bond acceptors (Lipinski definition) is 3. The molecule has 0 radical (unpaired) electrons. The number of aromatic amines is 1. The summed E-state index contributed by atoms with van der Waals surface area (Å²) in [7, 11) is 1.76. The van der Waals surface area contributed by atoms with Gasteiger partial charge in [0.25, 0.3) is 5.56 Å². The van der Waals surface area contributed by atoms with E-state index < -0.39 is 0 Å². The Morgan fingerprint density at radius 1 is 1.24 bits per heavy atom. The number of H-pyrrole nitrogens is 1. The van der Waals surface area contributed by atoms with Gasteiger partial charge in [0, 0.05) is 18.9 Å². The van der Waals surface area contributed by atoms with Crippen molar-refractivity contribution in [2.45, 2.75) is 6.92 Å². The van der Waals surface area contributed by atoms with Gasteiger partial charge in [-0.15, -0.1) is 0 Å². The lowest BCUT2D eigenvalue weighted by Gasteiger charge is -2.21. The summed E-state index contributed by atoms with van der Waals surface area (Å²) in [6, 6.07) is 9.15. The highest BCUT2D eigenvalue weighted by molar-refractivity contribution is 5.69. The first kappa shape index (κ1) is 11.3. The van der Waals surface area contributed by atoms with Crippen LogP contribution in [0.1, 0.15) is 5.56 Å². The number of aromatic nitrogens is 1. The third-order valence-corrected chi connectivity index (χ3v) is 2.73. The molecule has 2 aromatic rings. The van der Waals surface area contributed by atoms with E-state index in [-0.39, 0.29) is 17.0 Å². The zero-order valence-corrected chi connectivity index (χ0v) is 9.77. The van der Waals surface area contributed by atoms with Crippen LogP contribution >= 0.6 is 0 Å². The number of nitrogens with one attached hydrogen (secondary N) is 1. The Labute approximate surface area is 99.2 Å². The minimum absolute atomic E-state index is 0.0282. The topological polar surface area (TPSA) is 56.3 Å². The Bertz CT molecular complexity index is 590. The van der Waals surface area contributed by atoms with Crippen molar-refractivity contribution in [1.29, 1.82) is 0 Å². The Morgan fingerprint density at radius 2 is 1.94 bits per heavy atom. The average molecular weight is 230 g/mol. The second kappa shape index (κ2) is 4.33. The van der Waals surface area contributed by atoms with Gasteiger partial charge in [0.15, 0.2) is 0 Å². The average Bonchev–Trinajstić information content (AvgIpc) is 2.29. The molecule has 1 aromatic heterocycles. The van der Waals surface area contributed by atoms with Crippen molar-refractivity contribution < 1.29 is 5.11 Å². The van der Waals surface area contributed by atoms with Crippen molar-refractivity contribution in [1.82, 2.24) is 4.98 Å². The summed E-state index contributed by atoms with van der Waals surface area (Å²) in [6.45, 7) is 1.96. The molecule has 17 heavy (non-hydrogen) atoms. The van der Waals surface area contributed by atoms with Crippen LogP contribution in [0, 0.1) is 6.92 Å². The predicted octanol–water partition coefficient (Wildman–Crippen LogP) is 2.16. The number of rotatable bonds is 2. The zero-order chi connectivity index (χ0) is 12.4. The first-order valence-corrected chi connectivity index (χ1v) is 5.31. The summed E-state index contributed by atoms with van der Waals surface area (Å²) >= 11 is 0. The molecule has 0 fully saturated rings. The minimum atomic E-state index is -0.309. The van der Waals surface area contributed by atoms with Gasteiger partial charge in [0.1, 0.15) is 11.4 Å². The summed E-state index contributed by atoms with van der Waals surface area (Å²) < 4.78 is 0. The van der Waals surface area contributed by atoms with Crippen LogP contribution in [0.25, 0.3) is 0 Å². The Balaban J connectivity index is 2.55. The number of pyridine rings is 1. The van der Waals surface area contributed by atoms with E-state index >= 15 is 0 Å². The predicted molar refractivity (Wildman–Crippen MR) is 68.0 cm³/mol. The normalized spacial score (nSPS) is 10.2. The molecule has 0 aliphatic rings. The maximum absolute atomic E-state index is 11.7. The zero-order valence-electron chi connectivity index (χ0n) is 9.77. The Morgan fingerprint density at radius 3 is 2.59 bits per heavy atom. The molecule has 4 heteroatoms. The third kappa shape index (κ3) is 2.01. The molecule has 0 bridgehead atoms. The SMILES string of the molecule is Cc1ccccc1N(C)c1c(O)cc[nH]c1=O. The first-order chi connectivity index (χ1) is 8.11. The molecule has 88 valence electrons. The maximum atomic E-state index is 11.7. The number of anilines is 2. The quantitative estimate of drug-likeness (QED) is 0.831. The number of para-hydroxylation sites is 1. The molecule has 0 spiro atoms. The molecule has 0 unspecified atom stereocenters. The highest BCUT2D eigenvalue weighted by Crippen LogP contribution is 2.29. The smallest absolute Gasteiger partial charge is 0.275 e. The van der Waals surface area contributed by atoms with E-state index in [1.807, 2.05) is 31.2 Å². The lowest BCUT2D eigenvalue weighted by molar-refractivity contribution is 0.474. The molecule has 0 aliphatic carbocycles. The highest BCUT2D eigenvalue weighted by atomic mass is 16.3. The van der Waals surface area contributed by atoms with Gasteiger partial charge in [-0.05, 0) is 24.6 Å². The standard InChI is InChI=1S/C13H14N2O2/c1-9-5-3-4-6-10(9)15(2)12-11(16)7-8-14-13(12)17/h3-8H,1-2H3,(H2,14,16,17). The molecule has 0 saturated carbocycles. The summed E-state index contributed by atoms with van der Waals surface area (Å²) in [4.78, 5) is 15.9. The first-order valence-electron chi connectivity index (χ1n) is 5.31. The summed E-state index contributed by atoms with van der Waals surface area (Å²) in [5.74, 6) is -0.0282. The van der Waals surface area contributed by atoms with E-state index in [1.165, 1.54) is 12.3 Å². The van der Waals surface area contributed by atoms with Gasteiger partial charge >= 0.3 is 0 Å². The van der Waals surface area contributed by atoms with Gasteiger partial charge in [-0.2, -0.15) is 0 Å². The molecular weight excluding hydrogens is 216 g/mol. The van der Waals surface area contributed by atoms with E-state index in [2.05, 4.69) is 4.98 Å². The van der Waals surface area contributed by atoms with Gasteiger partial charge in [-0.3, -0.25) is 4.79 Å². The third-order valence-electron chi connectivity index (χ3n) is 2.73. The number of benzene rings is 1. The summed E-state index contributed by atoms with van der Waals surface area (Å²) in [5, 5.41) is 9.75. The van der Waals surface area contributed by atoms with Crippen LogP contribution in [-0.4, -0.2) is 17.1 Å². The van der Waals surface area contributed by atoms with E-state index in [9.17, 15) is 9.90 Å². The van der Waals surface area contributed by atoms with Crippen LogP contribution in [0.4, 0.5) is 11.4 Å². The minimum Gasteiger partial charge on any atom is -0.505 e. The van der Waals surface area contributed by atoms with Gasteiger partial charge in [-0.25, -0.2) is 0 Å². The van der Waals surface area contributed by atoms with E-state index in [1.54, 1.807) is 11.9 Å². The second-order valence-corrected chi connectivity index (χ2v) is 3.89. The van der Waals surface area contributed by atoms with Crippen molar-refractivity contribution >= 4 is 11.4 Å². The molecule has 0 atom stereocenters. The van der Waals surface area contributed by atoms with Crippen molar-refractivity contribution in [2.24, 2.45) is 0 Å². The van der Waals surface area contributed by atoms with Crippen LogP contribution in [0.5, 0.6) is 5.75 Å². The van der Waals surface area contributed by atoms with Crippen molar-refractivity contribution in [3.05, 3.63) is 52.4 Å². The van der Waals surface area contributed by atoms with Gasteiger partial charge in [0.2, 0.25) is 0 Å². The van der Waals surface area contributed by atoms with Crippen LogP contribution in [0.15, 0.2) is 41.3 Å². The summed E-state index contributed by atoms with van der Waals surface area (Å²) in [6.07, 6.45) is 1.42. The van der Waals surface area contributed by atoms with Crippen LogP contribution in [0.3, 0.4) is 0 Å². The van der Waals surface area contributed by atoms with Crippen molar-refractivity contribution in [3.8, 4) is 5.75 Å². The maximum Gasteiger partial charge on any atom is 0.275 e. The molecule has 2 N–H and O–H groups in total. The number of aromatic hydroxyl groups is 1. The van der Waals surface area contributed by atoms with Crippen LogP contribution in [0.2, 0.25) is 0 Å². The van der Waals surface area contributed by atoms with Crippen LogP contribution in [-0.2, 0) is 0 Å². The second-order valence-electron chi connectivity index (χ2n) is 3.89. The molecule has 2 rings (SSSR count). The molecule has 1 heterocycles. The van der Waals surface area contributed by atoms with E-state index in [0.717, 1.165) is 11.3 Å². The molecule has 0 amide bonds. The van der Waals surface area contributed by atoms with Crippen LogP contribution < -0.4 is 10.5 Å². The number of aryl methyl sites for hydroxylation is 1. The van der Waals surface area contributed by atoms with Gasteiger partial charge in [0.05, 0.1) is 0 Å². The monoisotopic (exact) mass is 230 g/mol. The molecular formula is C13H14N2O2. The van der Waals surface area contributed by atoms with Gasteiger partial charge in [-0.1, -0.05) is 18.2 Å². The highest BCUT2D eigenvalue weighted by Gasteiger charge is 2.14. The van der Waals surface area contributed by atoms with E-state index in [0.29, 0.717) is 0 Å². The largest absolute Gasteiger partial charge is 0.505 e. The van der Waals surface area contributed by atoms with Crippen molar-refractivity contribution in [3.63, 3.8) is 0 Å².